The minimum Gasteiger partial charge on any atom is -0.545 e. The van der Waals surface area contributed by atoms with E-state index < -0.39 is 5.97 Å². The van der Waals surface area contributed by atoms with Crippen LogP contribution in [-0.4, -0.2) is 5.97 Å². The number of aromatic carboxylic acids is 1. The molecule has 0 atom stereocenters. The summed E-state index contributed by atoms with van der Waals surface area (Å²) in [5, 5.41) is 10.3. The molecule has 0 bridgehead atoms. The molecule has 0 N–H and O–H groups in total. The van der Waals surface area contributed by atoms with Gasteiger partial charge in [-0.15, -0.1) is 0 Å². The molecule has 0 spiro atoms. The molecule has 11 heavy (non-hydrogen) atoms. The van der Waals surface area contributed by atoms with Gasteiger partial charge in [-0.3, -0.25) is 0 Å². The normalized spacial score (nSPS) is 8.45. The van der Waals surface area contributed by atoms with Crippen molar-refractivity contribution in [1.29, 1.82) is 0 Å². The Kier molecular flexibility index (Phi) is 3.85. The Morgan fingerprint density at radius 2 is 1.91 bits per heavy atom. The fraction of sp³-hybridized carbons (Fsp3) is 0.125. The molecular weight excluding hydrogens is 187 g/mol. The summed E-state index contributed by atoms with van der Waals surface area (Å²) in [5.41, 5.74) is 1.00. The van der Waals surface area contributed by atoms with E-state index in [1.807, 2.05) is 0 Å². The van der Waals surface area contributed by atoms with E-state index in [4.69, 9.17) is 0 Å². The molecule has 1 radical (unpaired) electrons. The van der Waals surface area contributed by atoms with Gasteiger partial charge >= 0.3 is 16.8 Å². The largest absolute Gasteiger partial charge is 2.00 e. The maximum Gasteiger partial charge on any atom is 2.00 e. The van der Waals surface area contributed by atoms with Gasteiger partial charge in [0.25, 0.3) is 0 Å². The van der Waals surface area contributed by atoms with E-state index in [9.17, 15) is 9.90 Å². The first kappa shape index (κ1) is 10.2. The number of aryl methyl sites for hydroxylation is 1. The summed E-state index contributed by atoms with van der Waals surface area (Å²) in [6.07, 6.45) is 0. The first-order valence-corrected chi connectivity index (χ1v) is 2.99. The number of hydrogen-bond acceptors (Lipinski definition) is 2. The van der Waals surface area contributed by atoms with Crippen LogP contribution in [0, 0.1) is 6.92 Å². The van der Waals surface area contributed by atoms with E-state index >= 15 is 0 Å². The molecule has 0 aliphatic heterocycles. The van der Waals surface area contributed by atoms with Crippen LogP contribution in [0.3, 0.4) is 0 Å². The van der Waals surface area contributed by atoms with E-state index in [0.717, 1.165) is 5.56 Å². The Labute approximate surface area is 75.4 Å². The fourth-order valence-corrected chi connectivity index (χ4v) is 0.802. The molecule has 0 unspecified atom stereocenters. The summed E-state index contributed by atoms with van der Waals surface area (Å²) in [6, 6.07) is 6.75. The van der Waals surface area contributed by atoms with Crippen molar-refractivity contribution in [2.24, 2.45) is 0 Å². The number of hydrogen-bond donors (Lipinski definition) is 0. The van der Waals surface area contributed by atoms with E-state index in [2.05, 4.69) is 0 Å². The van der Waals surface area contributed by atoms with Gasteiger partial charge < -0.3 is 9.90 Å². The number of carbonyl (C=O) groups is 1. The maximum absolute atomic E-state index is 10.3. The monoisotopic (exact) mass is 194 g/mol. The van der Waals surface area contributed by atoms with Crippen molar-refractivity contribution >= 4 is 5.97 Å². The zero-order valence-corrected chi connectivity index (χ0v) is 7.00. The van der Waals surface area contributed by atoms with Gasteiger partial charge in [0.05, 0.1) is 5.97 Å². The molecule has 1 aromatic carbocycles. The molecule has 0 amide bonds. The standard InChI is InChI=1S/C8H8O2.Co/c1-6-4-2-3-5-7(6)8(9)10;/h2-5H,1H3,(H,9,10);/q;+2/p-1. The second-order valence-corrected chi connectivity index (χ2v) is 2.10. The second-order valence-electron chi connectivity index (χ2n) is 2.10. The van der Waals surface area contributed by atoms with Crippen LogP contribution in [-0.2, 0) is 16.8 Å². The number of rotatable bonds is 1. The molecule has 0 heterocycles. The number of benzene rings is 1. The molecule has 59 valence electrons. The number of carboxylic acid groups (broad SMARTS) is 1. The summed E-state index contributed by atoms with van der Waals surface area (Å²) < 4.78 is 0. The molecule has 1 aromatic rings. The first-order chi connectivity index (χ1) is 4.72. The second kappa shape index (κ2) is 4.15. The first-order valence-electron chi connectivity index (χ1n) is 2.99. The summed E-state index contributed by atoms with van der Waals surface area (Å²) in [6.45, 7) is 1.74. The summed E-state index contributed by atoms with van der Waals surface area (Å²) in [4.78, 5) is 10.3. The van der Waals surface area contributed by atoms with Crippen molar-refractivity contribution in [1.82, 2.24) is 0 Å². The van der Waals surface area contributed by atoms with Crippen LogP contribution in [0.1, 0.15) is 15.9 Å². The summed E-state index contributed by atoms with van der Waals surface area (Å²) in [5.74, 6) is -1.11. The zero-order valence-electron chi connectivity index (χ0n) is 5.96. The van der Waals surface area contributed by atoms with Crippen LogP contribution in [0.2, 0.25) is 0 Å². The Balaban J connectivity index is 0.000001000. The van der Waals surface area contributed by atoms with Crippen molar-refractivity contribution in [3.63, 3.8) is 0 Å². The van der Waals surface area contributed by atoms with Crippen LogP contribution in [0.15, 0.2) is 24.3 Å². The van der Waals surface area contributed by atoms with E-state index in [0.29, 0.717) is 0 Å². The summed E-state index contributed by atoms with van der Waals surface area (Å²) in [7, 11) is 0. The average Bonchev–Trinajstić information content (AvgIpc) is 1.88. The van der Waals surface area contributed by atoms with E-state index in [1.54, 1.807) is 25.1 Å². The van der Waals surface area contributed by atoms with Crippen LogP contribution >= 0.6 is 0 Å². The van der Waals surface area contributed by atoms with Crippen molar-refractivity contribution in [2.75, 3.05) is 0 Å². The number of carbonyl (C=O) groups excluding carboxylic acids is 1. The van der Waals surface area contributed by atoms with Gasteiger partial charge in [0.15, 0.2) is 0 Å². The molecule has 0 saturated carbocycles. The molecule has 0 aliphatic rings. The zero-order chi connectivity index (χ0) is 7.56. The van der Waals surface area contributed by atoms with Crippen molar-refractivity contribution in [3.8, 4) is 0 Å². The molecule has 1 rings (SSSR count). The molecule has 2 nitrogen and oxygen atoms in total. The predicted octanol–water partition coefficient (Wildman–Crippen LogP) is 0.356. The van der Waals surface area contributed by atoms with Crippen LogP contribution in [0.4, 0.5) is 0 Å². The Morgan fingerprint density at radius 3 is 2.27 bits per heavy atom. The van der Waals surface area contributed by atoms with E-state index in [-0.39, 0.29) is 22.3 Å². The van der Waals surface area contributed by atoms with Gasteiger partial charge in [0, 0.05) is 5.56 Å². The van der Waals surface area contributed by atoms with Gasteiger partial charge in [0.1, 0.15) is 0 Å². The third-order valence-corrected chi connectivity index (χ3v) is 1.36. The van der Waals surface area contributed by atoms with Gasteiger partial charge in [-0.25, -0.2) is 0 Å². The smallest absolute Gasteiger partial charge is 0.545 e. The SMILES string of the molecule is Cc1ccccc1C(=O)[O-].[Co+2]. The van der Waals surface area contributed by atoms with Crippen LogP contribution in [0.25, 0.3) is 0 Å². The van der Waals surface area contributed by atoms with Gasteiger partial charge in [-0.1, -0.05) is 24.3 Å². The minimum absolute atomic E-state index is 0. The Bertz CT molecular complexity index is 258. The van der Waals surface area contributed by atoms with E-state index in [1.165, 1.54) is 6.07 Å². The predicted molar refractivity (Wildman–Crippen MR) is 35.5 cm³/mol. The molecule has 0 fully saturated rings. The van der Waals surface area contributed by atoms with Gasteiger partial charge in [0.2, 0.25) is 0 Å². The van der Waals surface area contributed by atoms with Crippen molar-refractivity contribution in [2.45, 2.75) is 6.92 Å². The molecular formula is C8H7CoO2+. The van der Waals surface area contributed by atoms with Crippen molar-refractivity contribution in [3.05, 3.63) is 35.4 Å². The molecule has 0 aliphatic carbocycles. The third-order valence-electron chi connectivity index (χ3n) is 1.36. The van der Waals surface area contributed by atoms with Crippen LogP contribution in [0.5, 0.6) is 0 Å². The molecule has 3 heteroatoms. The maximum atomic E-state index is 10.3. The number of carboxylic acids is 1. The topological polar surface area (TPSA) is 40.1 Å². The Hall–Kier alpha value is -0.804. The van der Waals surface area contributed by atoms with Crippen LogP contribution < -0.4 is 5.11 Å². The molecule has 0 saturated heterocycles. The average molecular weight is 194 g/mol. The van der Waals surface area contributed by atoms with Crippen molar-refractivity contribution < 1.29 is 26.7 Å². The fourth-order valence-electron chi connectivity index (χ4n) is 0.802. The molecule has 0 aromatic heterocycles. The minimum atomic E-state index is -1.11. The van der Waals surface area contributed by atoms with Gasteiger partial charge in [-0.2, -0.15) is 0 Å². The van der Waals surface area contributed by atoms with Gasteiger partial charge in [-0.05, 0) is 12.5 Å². The quantitative estimate of drug-likeness (QED) is 0.647. The third kappa shape index (κ3) is 2.36. The Morgan fingerprint density at radius 1 is 1.36 bits per heavy atom. The summed E-state index contributed by atoms with van der Waals surface area (Å²) >= 11 is 0.